The van der Waals surface area contributed by atoms with Crippen LogP contribution >= 0.6 is 34.7 Å². The van der Waals surface area contributed by atoms with Crippen molar-refractivity contribution in [2.24, 2.45) is 10.6 Å². The second-order valence-corrected chi connectivity index (χ2v) is 17.8. The van der Waals surface area contributed by atoms with Crippen molar-refractivity contribution in [1.29, 1.82) is 0 Å². The molecule has 0 unspecified atom stereocenters. The first-order valence-corrected chi connectivity index (χ1v) is 19.9. The van der Waals surface area contributed by atoms with E-state index in [0.29, 0.717) is 25.1 Å². The summed E-state index contributed by atoms with van der Waals surface area (Å²) in [5.74, 6) is -5.50. The van der Waals surface area contributed by atoms with Crippen molar-refractivity contribution in [3.63, 3.8) is 0 Å². The number of carbonyl (C=O) groups is 5. The van der Waals surface area contributed by atoms with Crippen LogP contribution in [0.25, 0.3) is 0 Å². The van der Waals surface area contributed by atoms with E-state index in [4.69, 9.17) is 22.2 Å². The first-order valence-electron chi connectivity index (χ1n) is 17.7. The number of nitrogens with two attached hydrogens (primary N) is 1. The van der Waals surface area contributed by atoms with Gasteiger partial charge in [-0.25, -0.2) is 14.6 Å². The van der Waals surface area contributed by atoms with E-state index < -0.39 is 63.9 Å². The fourth-order valence-corrected chi connectivity index (χ4v) is 10.3. The molecule has 296 valence electrons. The lowest BCUT2D eigenvalue weighted by molar-refractivity contribution is -0.944. The average Bonchev–Trinajstić information content (AvgIpc) is 3.56. The highest BCUT2D eigenvalue weighted by atomic mass is 35.5. The van der Waals surface area contributed by atoms with Gasteiger partial charge < -0.3 is 46.1 Å². The largest absolute Gasteiger partial charge is 0.504 e. The molecule has 8 N–H and O–H groups in total. The van der Waals surface area contributed by atoms with Crippen LogP contribution in [0.2, 0.25) is 5.02 Å². The van der Waals surface area contributed by atoms with Crippen LogP contribution in [0.3, 0.4) is 0 Å². The second kappa shape index (κ2) is 15.2. The Balaban J connectivity index is 1.15. The number of nitrogen functional groups attached to an aromatic ring is 1. The molecule has 0 aliphatic carbocycles. The minimum Gasteiger partial charge on any atom is -0.504 e. The van der Waals surface area contributed by atoms with Crippen LogP contribution in [-0.2, 0) is 24.0 Å². The lowest BCUT2D eigenvalue weighted by Crippen LogP contribution is -2.71. The van der Waals surface area contributed by atoms with E-state index in [1.807, 2.05) is 6.92 Å². The molecule has 5 heterocycles. The summed E-state index contributed by atoms with van der Waals surface area (Å²) in [6.07, 6.45) is 4.06. The van der Waals surface area contributed by atoms with E-state index >= 15 is 0 Å². The molecule has 2 aromatic rings. The summed E-state index contributed by atoms with van der Waals surface area (Å²) in [4.78, 5) is 75.1. The third kappa shape index (κ3) is 7.79. The Bertz CT molecular complexity index is 1990. The summed E-state index contributed by atoms with van der Waals surface area (Å²) >= 11 is 8.52. The molecule has 1 aromatic carbocycles. The smallest absolute Gasteiger partial charge is 0.352 e. The van der Waals surface area contributed by atoms with Crippen molar-refractivity contribution in [2.75, 3.05) is 38.5 Å². The summed E-state index contributed by atoms with van der Waals surface area (Å²) in [7, 11) is 0. The van der Waals surface area contributed by atoms with Crippen LogP contribution in [0.1, 0.15) is 68.9 Å². The molecule has 4 aliphatic rings. The molecule has 55 heavy (non-hydrogen) atoms. The van der Waals surface area contributed by atoms with Gasteiger partial charge in [0.1, 0.15) is 22.8 Å². The van der Waals surface area contributed by atoms with Crippen molar-refractivity contribution >= 4 is 75.2 Å². The van der Waals surface area contributed by atoms with E-state index in [0.717, 1.165) is 61.1 Å². The molecular weight excluding hydrogens is 778 g/mol. The molecule has 17 nitrogen and oxygen atoms in total. The van der Waals surface area contributed by atoms with E-state index in [2.05, 4.69) is 20.8 Å². The van der Waals surface area contributed by atoms with Crippen molar-refractivity contribution in [3.05, 3.63) is 45.1 Å². The van der Waals surface area contributed by atoms with Crippen molar-refractivity contribution < 1.29 is 53.7 Å². The molecule has 0 radical (unpaired) electrons. The molecule has 2 bridgehead atoms. The molecule has 4 aliphatic heterocycles. The first-order chi connectivity index (χ1) is 25.9. The number of hydrogen-bond donors (Lipinski definition) is 7. The number of phenols is 2. The molecule has 3 fully saturated rings. The minimum absolute atomic E-state index is 0.0132. The number of aliphatic carboxylic acids is 2. The lowest BCUT2D eigenvalue weighted by atomic mass is 9.72. The summed E-state index contributed by atoms with van der Waals surface area (Å²) in [5.41, 5.74) is 3.98. The van der Waals surface area contributed by atoms with Gasteiger partial charge in [0.05, 0.1) is 36.8 Å². The maximum Gasteiger partial charge on any atom is 0.352 e. The van der Waals surface area contributed by atoms with E-state index in [1.54, 1.807) is 0 Å². The number of oxime groups is 1. The number of piperidine rings is 2. The number of nitrogens with one attached hydrogen (secondary N) is 2. The van der Waals surface area contributed by atoms with E-state index in [1.165, 1.54) is 48.0 Å². The summed E-state index contributed by atoms with van der Waals surface area (Å²) < 4.78 is 0.741. The van der Waals surface area contributed by atoms with Gasteiger partial charge in [-0.1, -0.05) is 16.8 Å². The zero-order valence-corrected chi connectivity index (χ0v) is 32.7. The number of quaternary nitrogens is 1. The van der Waals surface area contributed by atoms with Gasteiger partial charge in [0.15, 0.2) is 22.3 Å². The predicted octanol–water partition coefficient (Wildman–Crippen LogP) is 2.71. The average molecular weight is 821 g/mol. The van der Waals surface area contributed by atoms with Crippen LogP contribution in [0.15, 0.2) is 33.9 Å². The van der Waals surface area contributed by atoms with Crippen LogP contribution in [0, 0.1) is 5.41 Å². The monoisotopic (exact) mass is 820 g/mol. The number of benzene rings is 1. The number of hydrogen-bond acceptors (Lipinski definition) is 13. The molecule has 0 spiro atoms. The standard InChI is InChI=1S/C35H42ClN7O10S2/c1-17-18(8-13-43-11-4-9-35(16-43,10-5-12-43)15-38-27(46)19-6-7-21(44)26(45)22(19)36)25(31(49)50)42-29(48)24(30(42)55-17)40-28(47)23(20-14-54-33(37)39-20)41-53-34(2,3)32(51)52/h6-7,14,17,24,30H,4-5,8-13,15-16H2,1-3H3,(H7-,37,38,39,40,41,44,45,46,47,49,50,51,52)/p+1/t17-,24+,30+,35?,43?/m0/s1. The molecule has 20 heteroatoms. The quantitative estimate of drug-likeness (QED) is 0.0505. The number of carboxylic acid groups (broad SMARTS) is 2. The highest BCUT2D eigenvalue weighted by Gasteiger charge is 2.56. The molecule has 6 rings (SSSR count). The Morgan fingerprint density at radius 3 is 2.49 bits per heavy atom. The first kappa shape index (κ1) is 40.1. The highest BCUT2D eigenvalue weighted by molar-refractivity contribution is 8.00. The summed E-state index contributed by atoms with van der Waals surface area (Å²) in [6, 6.07) is 1.47. The molecule has 0 saturated carbocycles. The number of nitrogens with zero attached hydrogens (tertiary/aromatic N) is 4. The van der Waals surface area contributed by atoms with Crippen molar-refractivity contribution in [3.8, 4) is 11.5 Å². The number of thioether (sulfide) groups is 1. The lowest BCUT2D eigenvalue weighted by Gasteiger charge is -2.55. The number of aromatic hydroxyl groups is 2. The van der Waals surface area contributed by atoms with Gasteiger partial charge in [0.25, 0.3) is 17.7 Å². The van der Waals surface area contributed by atoms with Gasteiger partial charge in [-0.2, -0.15) is 0 Å². The fourth-order valence-electron chi connectivity index (χ4n) is 8.01. The van der Waals surface area contributed by atoms with E-state index in [-0.39, 0.29) is 37.8 Å². The van der Waals surface area contributed by atoms with Crippen LogP contribution in [0.4, 0.5) is 5.13 Å². The number of thiazole rings is 1. The molecule has 3 saturated heterocycles. The number of carboxylic acids is 2. The third-order valence-electron chi connectivity index (χ3n) is 10.9. The SMILES string of the molecule is C[C@@H]1S[C@@H]2[C@H](NC(=O)/C(=N/OC(C)(C)C(=O)O)c3csc(N)n3)C(=O)N2C(C(=O)O)=C1CC[N+]12CCCC(CNC(=O)c3ccc(O)c(O)c3Cl)(CCC1)C2. The molecule has 1 aromatic heterocycles. The topological polar surface area (TPSA) is 254 Å². The minimum atomic E-state index is -1.79. The molecule has 3 amide bonds. The number of carbonyl (C=O) groups excluding carboxylic acids is 3. The van der Waals surface area contributed by atoms with Crippen LogP contribution in [0.5, 0.6) is 11.5 Å². The number of aromatic nitrogens is 1. The molecule has 3 atom stereocenters. The predicted molar refractivity (Wildman–Crippen MR) is 203 cm³/mol. The van der Waals surface area contributed by atoms with Gasteiger partial charge in [0.2, 0.25) is 5.60 Å². The normalized spacial score (nSPS) is 26.5. The van der Waals surface area contributed by atoms with Gasteiger partial charge in [-0.15, -0.1) is 23.1 Å². The van der Waals surface area contributed by atoms with Crippen molar-refractivity contribution in [2.45, 2.75) is 75.1 Å². The van der Waals surface area contributed by atoms with Crippen molar-refractivity contribution in [1.82, 2.24) is 20.5 Å². The maximum atomic E-state index is 13.6. The number of halogens is 1. The molecular formula is C35H43ClN7O10S2+. The number of phenolic OH excluding ortho intramolecular Hbond substituents is 2. The van der Waals surface area contributed by atoms with Gasteiger partial charge in [0, 0.05) is 29.0 Å². The Hall–Kier alpha value is -4.59. The zero-order chi connectivity index (χ0) is 40.0. The second-order valence-electron chi connectivity index (χ2n) is 15.0. The number of anilines is 1. The number of amides is 3. The number of β-lactam (4-membered cyclic amide) rings is 1. The van der Waals surface area contributed by atoms with Crippen LogP contribution < -0.4 is 16.4 Å². The highest BCUT2D eigenvalue weighted by Crippen LogP contribution is 2.47. The Morgan fingerprint density at radius 2 is 1.87 bits per heavy atom. The Morgan fingerprint density at radius 1 is 1.18 bits per heavy atom. The number of rotatable bonds is 13. The van der Waals surface area contributed by atoms with E-state index in [9.17, 15) is 44.4 Å². The maximum absolute atomic E-state index is 13.6. The summed E-state index contributed by atoms with van der Waals surface area (Å²) in [6.45, 7) is 7.97. The Kier molecular flexibility index (Phi) is 11.0. The van der Waals surface area contributed by atoms with Gasteiger partial charge in [-0.05, 0) is 64.2 Å². The van der Waals surface area contributed by atoms with Gasteiger partial charge in [-0.3, -0.25) is 19.3 Å². The Labute approximate surface area is 329 Å². The van der Waals surface area contributed by atoms with Gasteiger partial charge >= 0.3 is 11.9 Å². The van der Waals surface area contributed by atoms with Crippen LogP contribution in [-0.4, -0.2) is 125 Å². The fraction of sp³-hybridized carbons (Fsp3) is 0.514. The zero-order valence-electron chi connectivity index (χ0n) is 30.3. The third-order valence-corrected chi connectivity index (χ3v) is 13.5. The number of fused-ring (bicyclic) bond motifs is 3. The summed E-state index contributed by atoms with van der Waals surface area (Å²) in [5, 5.41) is 49.3.